The smallest absolute Gasteiger partial charge is 0.132 e. The number of hydrogen-bond donors (Lipinski definition) is 0. The minimum absolute atomic E-state index is 0.538. The van der Waals surface area contributed by atoms with Gasteiger partial charge in [0.25, 0.3) is 0 Å². The van der Waals surface area contributed by atoms with Crippen molar-refractivity contribution in [3.05, 3.63) is 23.9 Å². The third kappa shape index (κ3) is 2.90. The number of halogens is 1. The Morgan fingerprint density at radius 3 is 2.71 bits per heavy atom. The van der Waals surface area contributed by atoms with Crippen LogP contribution in [0.2, 0.25) is 0 Å². The largest absolute Gasteiger partial charge is 0.356 e. The fraction of sp³-hybridized carbons (Fsp3) is 0.615. The lowest BCUT2D eigenvalue weighted by atomic mass is 10.0. The molecular formula is C13H20ClN3. The van der Waals surface area contributed by atoms with Gasteiger partial charge >= 0.3 is 0 Å². The van der Waals surface area contributed by atoms with Crippen LogP contribution in [0.15, 0.2) is 18.3 Å². The first-order valence-electron chi connectivity index (χ1n) is 6.13. The summed E-state index contributed by atoms with van der Waals surface area (Å²) in [6, 6.07) is 4.72. The third-order valence-corrected chi connectivity index (χ3v) is 3.79. The molecule has 1 aliphatic rings. The molecule has 2 rings (SSSR count). The average molecular weight is 254 g/mol. The van der Waals surface area contributed by atoms with Gasteiger partial charge in [-0.3, -0.25) is 0 Å². The lowest BCUT2D eigenvalue weighted by Gasteiger charge is -2.36. The molecule has 1 fully saturated rings. The Labute approximate surface area is 108 Å². The Hall–Kier alpha value is -0.800. The van der Waals surface area contributed by atoms with Gasteiger partial charge in [0.1, 0.15) is 5.82 Å². The van der Waals surface area contributed by atoms with Crippen LogP contribution in [0.25, 0.3) is 0 Å². The molecule has 0 bridgehead atoms. The normalized spacial score (nSPS) is 17.8. The molecule has 0 aromatic carbocycles. The lowest BCUT2D eigenvalue weighted by molar-refractivity contribution is 0.249. The standard InChI is InChI=1S/C13H20ClN3/c1-16(2)12-5-8-17(9-6-12)13-11(10-14)4-3-7-15-13/h3-4,7,12H,5-6,8-10H2,1-2H3. The van der Waals surface area contributed by atoms with Gasteiger partial charge in [0.2, 0.25) is 0 Å². The Bertz CT molecular complexity index is 359. The summed E-state index contributed by atoms with van der Waals surface area (Å²) >= 11 is 5.96. The van der Waals surface area contributed by atoms with Crippen LogP contribution in [-0.2, 0) is 5.88 Å². The van der Waals surface area contributed by atoms with Crippen molar-refractivity contribution in [3.63, 3.8) is 0 Å². The molecule has 0 unspecified atom stereocenters. The molecule has 0 spiro atoms. The van der Waals surface area contributed by atoms with E-state index in [1.807, 2.05) is 12.3 Å². The van der Waals surface area contributed by atoms with Gasteiger partial charge in [-0.2, -0.15) is 0 Å². The molecule has 1 aromatic heterocycles. The van der Waals surface area contributed by atoms with E-state index in [0.717, 1.165) is 24.5 Å². The molecule has 0 atom stereocenters. The molecule has 3 nitrogen and oxygen atoms in total. The molecule has 2 heterocycles. The number of alkyl halides is 1. The van der Waals surface area contributed by atoms with E-state index in [-0.39, 0.29) is 0 Å². The molecule has 1 aromatic rings. The summed E-state index contributed by atoms with van der Waals surface area (Å²) in [6.07, 6.45) is 4.25. The fourth-order valence-corrected chi connectivity index (χ4v) is 2.62. The summed E-state index contributed by atoms with van der Waals surface area (Å²) in [5.41, 5.74) is 1.14. The SMILES string of the molecule is CN(C)C1CCN(c2ncccc2CCl)CC1. The molecule has 0 amide bonds. The molecule has 4 heteroatoms. The zero-order valence-electron chi connectivity index (χ0n) is 10.6. The molecular weight excluding hydrogens is 234 g/mol. The van der Waals surface area contributed by atoms with Gasteiger partial charge < -0.3 is 9.80 Å². The number of nitrogens with zero attached hydrogens (tertiary/aromatic N) is 3. The van der Waals surface area contributed by atoms with Crippen LogP contribution in [0.1, 0.15) is 18.4 Å². The summed E-state index contributed by atoms with van der Waals surface area (Å²) in [7, 11) is 4.32. The van der Waals surface area contributed by atoms with Crippen LogP contribution >= 0.6 is 11.6 Å². The van der Waals surface area contributed by atoms with Gasteiger partial charge in [-0.05, 0) is 33.0 Å². The molecule has 94 valence electrons. The quantitative estimate of drug-likeness (QED) is 0.771. The van der Waals surface area contributed by atoms with Crippen molar-refractivity contribution < 1.29 is 0 Å². The predicted octanol–water partition coefficient (Wildman–Crippen LogP) is 2.35. The number of rotatable bonds is 3. The van der Waals surface area contributed by atoms with E-state index in [0.29, 0.717) is 11.9 Å². The van der Waals surface area contributed by atoms with Crippen molar-refractivity contribution in [2.45, 2.75) is 24.8 Å². The first-order chi connectivity index (χ1) is 8.22. The second-order valence-electron chi connectivity index (χ2n) is 4.80. The summed E-state index contributed by atoms with van der Waals surface area (Å²) in [5, 5.41) is 0. The maximum Gasteiger partial charge on any atom is 0.132 e. The second-order valence-corrected chi connectivity index (χ2v) is 5.07. The first kappa shape index (κ1) is 12.7. The molecule has 1 aliphatic heterocycles. The summed E-state index contributed by atoms with van der Waals surface area (Å²) in [5.74, 6) is 1.61. The number of hydrogen-bond acceptors (Lipinski definition) is 3. The van der Waals surface area contributed by atoms with E-state index in [4.69, 9.17) is 11.6 Å². The first-order valence-corrected chi connectivity index (χ1v) is 6.67. The molecule has 0 radical (unpaired) electrons. The number of anilines is 1. The van der Waals surface area contributed by atoms with Gasteiger partial charge in [-0.15, -0.1) is 11.6 Å². The number of piperidine rings is 1. The minimum atomic E-state index is 0.538. The third-order valence-electron chi connectivity index (χ3n) is 3.51. The van der Waals surface area contributed by atoms with Crippen molar-refractivity contribution in [2.75, 3.05) is 32.1 Å². The highest BCUT2D eigenvalue weighted by atomic mass is 35.5. The highest BCUT2D eigenvalue weighted by Gasteiger charge is 2.22. The lowest BCUT2D eigenvalue weighted by Crippen LogP contribution is -2.42. The van der Waals surface area contributed by atoms with Crippen molar-refractivity contribution in [1.82, 2.24) is 9.88 Å². The van der Waals surface area contributed by atoms with Gasteiger partial charge in [0.15, 0.2) is 0 Å². The van der Waals surface area contributed by atoms with E-state index >= 15 is 0 Å². The number of aromatic nitrogens is 1. The average Bonchev–Trinajstić information content (AvgIpc) is 2.39. The van der Waals surface area contributed by atoms with E-state index in [1.165, 1.54) is 12.8 Å². The van der Waals surface area contributed by atoms with Crippen molar-refractivity contribution in [2.24, 2.45) is 0 Å². The van der Waals surface area contributed by atoms with Crippen LogP contribution in [0, 0.1) is 0 Å². The Kier molecular flexibility index (Phi) is 4.24. The topological polar surface area (TPSA) is 19.4 Å². The summed E-state index contributed by atoms with van der Waals surface area (Å²) < 4.78 is 0. The predicted molar refractivity (Wildman–Crippen MR) is 72.7 cm³/mol. The van der Waals surface area contributed by atoms with Crippen LogP contribution in [0.3, 0.4) is 0 Å². The Morgan fingerprint density at radius 1 is 1.41 bits per heavy atom. The highest BCUT2D eigenvalue weighted by Crippen LogP contribution is 2.23. The van der Waals surface area contributed by atoms with Crippen molar-refractivity contribution in [1.29, 1.82) is 0 Å². The molecule has 0 N–H and O–H groups in total. The van der Waals surface area contributed by atoms with Crippen molar-refractivity contribution in [3.8, 4) is 0 Å². The van der Waals surface area contributed by atoms with Gasteiger partial charge in [0.05, 0.1) is 5.88 Å². The Morgan fingerprint density at radius 2 is 2.12 bits per heavy atom. The van der Waals surface area contributed by atoms with E-state index in [1.54, 1.807) is 0 Å². The van der Waals surface area contributed by atoms with Crippen molar-refractivity contribution >= 4 is 17.4 Å². The van der Waals surface area contributed by atoms with E-state index in [9.17, 15) is 0 Å². The van der Waals surface area contributed by atoms with Gasteiger partial charge in [0, 0.05) is 30.9 Å². The zero-order chi connectivity index (χ0) is 12.3. The zero-order valence-corrected chi connectivity index (χ0v) is 11.3. The fourth-order valence-electron chi connectivity index (χ4n) is 2.41. The van der Waals surface area contributed by atoms with Crippen LogP contribution in [-0.4, -0.2) is 43.1 Å². The van der Waals surface area contributed by atoms with Crippen LogP contribution < -0.4 is 4.90 Å². The summed E-state index contributed by atoms with van der Waals surface area (Å²) in [4.78, 5) is 9.15. The number of pyridine rings is 1. The van der Waals surface area contributed by atoms with Gasteiger partial charge in [-0.25, -0.2) is 4.98 Å². The molecule has 1 saturated heterocycles. The second kappa shape index (κ2) is 5.69. The molecule has 0 aliphatic carbocycles. The monoisotopic (exact) mass is 253 g/mol. The maximum absolute atomic E-state index is 5.96. The van der Waals surface area contributed by atoms with Crippen LogP contribution in [0.4, 0.5) is 5.82 Å². The maximum atomic E-state index is 5.96. The van der Waals surface area contributed by atoms with E-state index in [2.05, 4.69) is 34.9 Å². The minimum Gasteiger partial charge on any atom is -0.356 e. The molecule has 0 saturated carbocycles. The Balaban J connectivity index is 2.05. The van der Waals surface area contributed by atoms with Crippen LogP contribution in [0.5, 0.6) is 0 Å². The highest BCUT2D eigenvalue weighted by molar-refractivity contribution is 6.17. The summed E-state index contributed by atoms with van der Waals surface area (Å²) in [6.45, 7) is 2.15. The van der Waals surface area contributed by atoms with E-state index < -0.39 is 0 Å². The molecule has 17 heavy (non-hydrogen) atoms. The van der Waals surface area contributed by atoms with Gasteiger partial charge in [-0.1, -0.05) is 6.07 Å².